The normalized spacial score (nSPS) is 15.8. The lowest BCUT2D eigenvalue weighted by molar-refractivity contribution is -0.134. The molecule has 0 N–H and O–H groups in total. The monoisotopic (exact) mass is 222 g/mol. The van der Waals surface area contributed by atoms with Gasteiger partial charge in [0.15, 0.2) is 0 Å². The van der Waals surface area contributed by atoms with Crippen LogP contribution in [0.25, 0.3) is 0 Å². The summed E-state index contributed by atoms with van der Waals surface area (Å²) in [5, 5.41) is 0. The van der Waals surface area contributed by atoms with E-state index in [1.165, 1.54) is 4.90 Å². The Morgan fingerprint density at radius 3 is 2.47 bits per heavy atom. The molecule has 0 atom stereocenters. The Bertz CT molecular complexity index is 442. The molecular weight excluding hydrogens is 216 g/mol. The largest absolute Gasteiger partial charge is 0.337 e. The molecule has 1 aliphatic heterocycles. The lowest BCUT2D eigenvalue weighted by Gasteiger charge is -2.15. The van der Waals surface area contributed by atoms with Crippen LogP contribution in [-0.4, -0.2) is 23.5 Å². The lowest BCUT2D eigenvalue weighted by Crippen LogP contribution is -2.34. The Morgan fingerprint density at radius 1 is 1.20 bits per heavy atom. The second kappa shape index (κ2) is 3.82. The Morgan fingerprint density at radius 2 is 1.87 bits per heavy atom. The molecule has 0 aromatic heterocycles. The quantitative estimate of drug-likeness (QED) is 0.558. The van der Waals surface area contributed by atoms with Gasteiger partial charge < -0.3 is 0 Å². The molecule has 0 spiro atoms. The summed E-state index contributed by atoms with van der Waals surface area (Å²) in [6.07, 6.45) is 0. The SMILES string of the molecule is O=C1N=C(CCl)N(c2ccccc2)C1=O. The fourth-order valence-corrected chi connectivity index (χ4v) is 1.54. The van der Waals surface area contributed by atoms with Gasteiger partial charge in [0.25, 0.3) is 0 Å². The minimum absolute atomic E-state index is 0.0341. The number of hydrogen-bond donors (Lipinski definition) is 0. The zero-order valence-electron chi connectivity index (χ0n) is 7.68. The predicted octanol–water partition coefficient (Wildman–Crippen LogP) is 1.20. The number of anilines is 1. The van der Waals surface area contributed by atoms with E-state index in [1.807, 2.05) is 6.07 Å². The van der Waals surface area contributed by atoms with Crippen molar-refractivity contribution in [2.24, 2.45) is 4.99 Å². The number of nitrogens with zero attached hydrogens (tertiary/aromatic N) is 2. The molecule has 0 radical (unpaired) electrons. The lowest BCUT2D eigenvalue weighted by atomic mass is 10.3. The molecule has 15 heavy (non-hydrogen) atoms. The molecule has 0 unspecified atom stereocenters. The van der Waals surface area contributed by atoms with E-state index in [0.717, 1.165) is 0 Å². The Labute approximate surface area is 91.2 Å². The van der Waals surface area contributed by atoms with Crippen molar-refractivity contribution in [2.45, 2.75) is 0 Å². The minimum atomic E-state index is -0.769. The first-order valence-electron chi connectivity index (χ1n) is 4.31. The van der Waals surface area contributed by atoms with Gasteiger partial charge in [-0.2, -0.15) is 4.99 Å². The first kappa shape index (κ1) is 9.86. The first-order valence-corrected chi connectivity index (χ1v) is 4.84. The van der Waals surface area contributed by atoms with Crippen LogP contribution < -0.4 is 4.90 Å². The van der Waals surface area contributed by atoms with Crippen LogP contribution >= 0.6 is 11.6 Å². The number of halogens is 1. The smallest absolute Gasteiger partial charge is 0.262 e. The van der Waals surface area contributed by atoms with Crippen molar-refractivity contribution < 1.29 is 9.59 Å². The molecule has 1 heterocycles. The molecule has 1 aromatic rings. The summed E-state index contributed by atoms with van der Waals surface area (Å²) in [4.78, 5) is 27.4. The van der Waals surface area contributed by atoms with Gasteiger partial charge in [-0.15, -0.1) is 11.6 Å². The summed E-state index contributed by atoms with van der Waals surface area (Å²) in [6.45, 7) is 0. The summed E-state index contributed by atoms with van der Waals surface area (Å²) in [7, 11) is 0. The van der Waals surface area contributed by atoms with Crippen LogP contribution in [0.4, 0.5) is 5.69 Å². The zero-order valence-corrected chi connectivity index (χ0v) is 8.44. The van der Waals surface area contributed by atoms with E-state index < -0.39 is 11.8 Å². The van der Waals surface area contributed by atoms with E-state index in [4.69, 9.17) is 11.6 Å². The van der Waals surface area contributed by atoms with Gasteiger partial charge in [-0.05, 0) is 12.1 Å². The van der Waals surface area contributed by atoms with Crippen molar-refractivity contribution in [1.29, 1.82) is 0 Å². The molecule has 1 aromatic carbocycles. The van der Waals surface area contributed by atoms with Gasteiger partial charge >= 0.3 is 11.8 Å². The highest BCUT2D eigenvalue weighted by molar-refractivity contribution is 6.54. The van der Waals surface area contributed by atoms with E-state index in [9.17, 15) is 9.59 Å². The minimum Gasteiger partial charge on any atom is -0.262 e. The average molecular weight is 223 g/mol. The summed E-state index contributed by atoms with van der Waals surface area (Å²) in [5.74, 6) is -1.11. The van der Waals surface area contributed by atoms with Gasteiger partial charge in [0.2, 0.25) is 0 Å². The summed E-state index contributed by atoms with van der Waals surface area (Å²) in [6, 6.07) is 8.81. The fraction of sp³-hybridized carbons (Fsp3) is 0.100. The number of hydrogen-bond acceptors (Lipinski definition) is 2. The van der Waals surface area contributed by atoms with Gasteiger partial charge in [0.1, 0.15) is 5.84 Å². The van der Waals surface area contributed by atoms with Gasteiger partial charge in [-0.25, -0.2) is 0 Å². The molecule has 0 fully saturated rings. The number of alkyl halides is 1. The van der Waals surface area contributed by atoms with Gasteiger partial charge in [0.05, 0.1) is 11.6 Å². The molecule has 0 aliphatic carbocycles. The fourth-order valence-electron chi connectivity index (χ4n) is 1.36. The summed E-state index contributed by atoms with van der Waals surface area (Å²) < 4.78 is 0. The molecule has 5 heteroatoms. The summed E-state index contributed by atoms with van der Waals surface area (Å²) >= 11 is 5.61. The molecule has 4 nitrogen and oxygen atoms in total. The third-order valence-electron chi connectivity index (χ3n) is 2.01. The van der Waals surface area contributed by atoms with Crippen molar-refractivity contribution in [3.8, 4) is 0 Å². The van der Waals surface area contributed by atoms with E-state index in [0.29, 0.717) is 5.69 Å². The molecule has 0 saturated carbocycles. The highest BCUT2D eigenvalue weighted by Crippen LogP contribution is 2.18. The van der Waals surface area contributed by atoms with Crippen LogP contribution in [0.1, 0.15) is 0 Å². The van der Waals surface area contributed by atoms with E-state index >= 15 is 0 Å². The van der Waals surface area contributed by atoms with Crippen molar-refractivity contribution in [3.05, 3.63) is 30.3 Å². The number of para-hydroxylation sites is 1. The Hall–Kier alpha value is -1.68. The van der Waals surface area contributed by atoms with Crippen LogP contribution in [0.5, 0.6) is 0 Å². The molecule has 2 rings (SSSR count). The molecular formula is C10H7ClN2O2. The molecule has 1 aliphatic rings. The maximum absolute atomic E-state index is 11.5. The maximum atomic E-state index is 11.5. The molecule has 76 valence electrons. The van der Waals surface area contributed by atoms with Crippen LogP contribution in [0.2, 0.25) is 0 Å². The predicted molar refractivity (Wildman–Crippen MR) is 57.1 cm³/mol. The van der Waals surface area contributed by atoms with Gasteiger partial charge in [0, 0.05) is 0 Å². The average Bonchev–Trinajstić information content (AvgIpc) is 2.56. The second-order valence-corrected chi connectivity index (χ2v) is 3.21. The van der Waals surface area contributed by atoms with Crippen molar-refractivity contribution in [2.75, 3.05) is 10.8 Å². The number of amides is 2. The number of benzene rings is 1. The first-order chi connectivity index (χ1) is 7.24. The molecule has 2 amide bonds. The topological polar surface area (TPSA) is 49.7 Å². The number of aliphatic imine (C=N–C) groups is 1. The molecule has 0 bridgehead atoms. The summed E-state index contributed by atoms with van der Waals surface area (Å²) in [5.41, 5.74) is 0.604. The second-order valence-electron chi connectivity index (χ2n) is 2.94. The molecule has 0 saturated heterocycles. The van der Waals surface area contributed by atoms with Gasteiger partial charge in [-0.1, -0.05) is 18.2 Å². The van der Waals surface area contributed by atoms with Crippen LogP contribution in [0, 0.1) is 0 Å². The number of carbonyl (C=O) groups is 2. The third-order valence-corrected chi connectivity index (χ3v) is 2.25. The van der Waals surface area contributed by atoms with Crippen LogP contribution in [-0.2, 0) is 9.59 Å². The van der Waals surface area contributed by atoms with Gasteiger partial charge in [-0.3, -0.25) is 14.5 Å². The zero-order chi connectivity index (χ0) is 10.8. The number of rotatable bonds is 2. The maximum Gasteiger partial charge on any atom is 0.337 e. The third kappa shape index (κ3) is 1.64. The Balaban J connectivity index is 2.41. The van der Waals surface area contributed by atoms with Crippen LogP contribution in [0.3, 0.4) is 0 Å². The number of amidine groups is 1. The van der Waals surface area contributed by atoms with E-state index in [1.54, 1.807) is 24.3 Å². The highest BCUT2D eigenvalue weighted by Gasteiger charge is 2.33. The van der Waals surface area contributed by atoms with Crippen molar-refractivity contribution in [1.82, 2.24) is 0 Å². The van der Waals surface area contributed by atoms with Crippen molar-refractivity contribution >= 4 is 34.9 Å². The van der Waals surface area contributed by atoms with E-state index in [2.05, 4.69) is 4.99 Å². The van der Waals surface area contributed by atoms with E-state index in [-0.39, 0.29) is 11.7 Å². The highest BCUT2D eigenvalue weighted by atomic mass is 35.5. The number of carbonyl (C=O) groups excluding carboxylic acids is 2. The van der Waals surface area contributed by atoms with Crippen molar-refractivity contribution in [3.63, 3.8) is 0 Å². The Kier molecular flexibility index (Phi) is 2.51. The standard InChI is InChI=1S/C10H7ClN2O2/c11-6-8-12-9(14)10(15)13(8)7-4-2-1-3-5-7/h1-5H,6H2. The van der Waals surface area contributed by atoms with Crippen LogP contribution in [0.15, 0.2) is 35.3 Å².